The minimum Gasteiger partial charge on any atom is -0.326 e. The van der Waals surface area contributed by atoms with E-state index in [1.165, 1.54) is 50.5 Å². The lowest BCUT2D eigenvalue weighted by atomic mass is 9.67. The van der Waals surface area contributed by atoms with Gasteiger partial charge in [-0.25, -0.2) is 4.39 Å². The number of halogens is 1. The van der Waals surface area contributed by atoms with Crippen molar-refractivity contribution in [2.45, 2.75) is 74.6 Å². The quantitative estimate of drug-likeness (QED) is 0.171. The lowest BCUT2D eigenvalue weighted by Gasteiger charge is -2.38. The lowest BCUT2D eigenvalue weighted by molar-refractivity contribution is 0.268. The number of nitrogens with one attached hydrogen (secondary N) is 1. The van der Waals surface area contributed by atoms with Crippen molar-refractivity contribution in [1.29, 1.82) is 0 Å². The van der Waals surface area contributed by atoms with E-state index < -0.39 is 8.25 Å². The summed E-state index contributed by atoms with van der Waals surface area (Å²) < 4.78 is 29.6. The third-order valence-corrected chi connectivity index (χ3v) is 8.14. The molecule has 33 heavy (non-hydrogen) atoms. The molecular weight excluding hydrogens is 456 g/mol. The maximum Gasteiger partial charge on any atom is 0.316 e. The summed E-state index contributed by atoms with van der Waals surface area (Å²) in [6.45, 7) is 1.47. The normalized spacial score (nSPS) is 16.5. The molecule has 0 spiro atoms. The molecule has 0 amide bonds. The summed E-state index contributed by atoms with van der Waals surface area (Å²) in [5.74, 6) is 0.780. The highest BCUT2D eigenvalue weighted by Gasteiger charge is 2.32. The average Bonchev–Trinajstić information content (AvgIpc) is 2.83. The van der Waals surface area contributed by atoms with Gasteiger partial charge >= 0.3 is 8.25 Å². The van der Waals surface area contributed by atoms with Crippen LogP contribution in [0, 0.1) is 5.82 Å². The van der Waals surface area contributed by atoms with Gasteiger partial charge in [0.05, 0.1) is 6.61 Å². The second-order valence-corrected chi connectivity index (χ2v) is 10.9. The van der Waals surface area contributed by atoms with Crippen LogP contribution in [0.4, 0.5) is 4.39 Å². The van der Waals surface area contributed by atoms with E-state index in [2.05, 4.69) is 40.2 Å². The van der Waals surface area contributed by atoms with E-state index in [-0.39, 0.29) is 12.4 Å². The smallest absolute Gasteiger partial charge is 0.316 e. The number of unbranched alkanes of at least 4 members (excludes halogenated alkanes) is 1. The van der Waals surface area contributed by atoms with Gasteiger partial charge in [0, 0.05) is 11.4 Å². The fourth-order valence-corrected chi connectivity index (χ4v) is 6.06. The molecule has 0 heterocycles. The van der Waals surface area contributed by atoms with Gasteiger partial charge in [-0.3, -0.25) is 4.57 Å². The van der Waals surface area contributed by atoms with E-state index in [1.54, 1.807) is 17.8 Å². The van der Waals surface area contributed by atoms with E-state index in [4.69, 9.17) is 4.89 Å². The predicted octanol–water partition coefficient (Wildman–Crippen LogP) is 6.87. The molecule has 0 bridgehead atoms. The van der Waals surface area contributed by atoms with Gasteiger partial charge in [-0.05, 0) is 73.1 Å². The maximum atomic E-state index is 14.5. The highest BCUT2D eigenvalue weighted by molar-refractivity contribution is 7.99. The molecule has 2 aromatic carbocycles. The Labute approximate surface area is 202 Å². The summed E-state index contributed by atoms with van der Waals surface area (Å²) >= 11 is 1.61. The molecule has 1 aliphatic carbocycles. The highest BCUT2D eigenvalue weighted by atomic mass is 32.2. The monoisotopic (exact) mass is 493 g/mol. The van der Waals surface area contributed by atoms with Crippen LogP contribution in [0.15, 0.2) is 53.4 Å². The Bertz CT molecular complexity index is 862. The summed E-state index contributed by atoms with van der Waals surface area (Å²) in [7, 11) is -2.85. The molecule has 4 nitrogen and oxygen atoms in total. The molecule has 1 aliphatic rings. The topological polar surface area (TPSA) is 58.6 Å². The van der Waals surface area contributed by atoms with Crippen LogP contribution in [0.25, 0.3) is 0 Å². The first kappa shape index (κ1) is 26.4. The largest absolute Gasteiger partial charge is 0.326 e. The number of thioether (sulfide) groups is 1. The first-order valence-corrected chi connectivity index (χ1v) is 14.4. The number of rotatable bonds is 14. The molecule has 0 aliphatic heterocycles. The zero-order valence-electron chi connectivity index (χ0n) is 19.4. The summed E-state index contributed by atoms with van der Waals surface area (Å²) in [4.78, 5) is 9.33. The van der Waals surface area contributed by atoms with Crippen molar-refractivity contribution in [3.63, 3.8) is 0 Å². The summed E-state index contributed by atoms with van der Waals surface area (Å²) in [6.07, 6.45) is 10.7. The van der Waals surface area contributed by atoms with Crippen LogP contribution in [0.5, 0.6) is 0 Å². The summed E-state index contributed by atoms with van der Waals surface area (Å²) in [6, 6.07) is 16.5. The number of hydrogen-bond donors (Lipinski definition) is 2. The average molecular weight is 494 g/mol. The van der Waals surface area contributed by atoms with E-state index >= 15 is 0 Å². The van der Waals surface area contributed by atoms with Gasteiger partial charge in [0.1, 0.15) is 5.82 Å². The van der Waals surface area contributed by atoms with E-state index in [9.17, 15) is 8.96 Å². The standard InChI is InChI=1S/C26H37FNO3PS/c27-24-20-22(21-28-17-9-18-31-32(29)30)12-13-25(24)33-19-8-7-16-26(14-5-2-6-15-26)23-10-3-1-4-11-23/h1,3-4,10-13,20,28,32H,2,5-9,14-19,21H2,(H,29,30). The molecule has 3 rings (SSSR count). The van der Waals surface area contributed by atoms with E-state index in [0.29, 0.717) is 24.9 Å². The van der Waals surface area contributed by atoms with Gasteiger partial charge in [-0.15, -0.1) is 11.8 Å². The fraction of sp³-hybridized carbons (Fsp3) is 0.538. The van der Waals surface area contributed by atoms with Crippen molar-refractivity contribution < 1.29 is 18.4 Å². The summed E-state index contributed by atoms with van der Waals surface area (Å²) in [5.41, 5.74) is 2.74. The Hall–Kier alpha value is -1.17. The van der Waals surface area contributed by atoms with Gasteiger partial charge < -0.3 is 14.7 Å². The molecule has 2 N–H and O–H groups in total. The van der Waals surface area contributed by atoms with Gasteiger partial charge in [0.2, 0.25) is 0 Å². The van der Waals surface area contributed by atoms with E-state index in [1.807, 2.05) is 12.1 Å². The molecule has 1 fully saturated rings. The highest BCUT2D eigenvalue weighted by Crippen LogP contribution is 2.43. The van der Waals surface area contributed by atoms with Crippen LogP contribution in [0.1, 0.15) is 68.9 Å². The first-order chi connectivity index (χ1) is 16.1. The van der Waals surface area contributed by atoms with Crippen molar-refractivity contribution in [2.75, 3.05) is 18.9 Å². The van der Waals surface area contributed by atoms with Crippen molar-refractivity contribution in [2.24, 2.45) is 0 Å². The second-order valence-electron chi connectivity index (χ2n) is 8.92. The molecular formula is C26H37FNO3PS. The van der Waals surface area contributed by atoms with Gasteiger partial charge in [-0.2, -0.15) is 0 Å². The third kappa shape index (κ3) is 8.84. The van der Waals surface area contributed by atoms with Crippen molar-refractivity contribution >= 4 is 20.0 Å². The van der Waals surface area contributed by atoms with E-state index in [0.717, 1.165) is 22.6 Å². The van der Waals surface area contributed by atoms with Crippen LogP contribution in [-0.4, -0.2) is 23.8 Å². The second kappa shape index (κ2) is 14.3. The Morgan fingerprint density at radius 3 is 2.58 bits per heavy atom. The lowest BCUT2D eigenvalue weighted by Crippen LogP contribution is -2.29. The SMILES string of the molecule is O=[PH](O)OCCCNCc1ccc(SCCCCC2(c3ccccc3)CCCCC2)c(F)c1. The molecule has 2 aromatic rings. The minimum atomic E-state index is -2.85. The molecule has 7 heteroatoms. The summed E-state index contributed by atoms with van der Waals surface area (Å²) in [5, 5.41) is 3.20. The van der Waals surface area contributed by atoms with Crippen LogP contribution in [0.3, 0.4) is 0 Å². The van der Waals surface area contributed by atoms with Gasteiger partial charge in [0.15, 0.2) is 0 Å². The van der Waals surface area contributed by atoms with Crippen LogP contribution < -0.4 is 5.32 Å². The Morgan fingerprint density at radius 2 is 1.85 bits per heavy atom. The molecule has 1 saturated carbocycles. The number of benzene rings is 2. The molecule has 0 saturated heterocycles. The van der Waals surface area contributed by atoms with Crippen LogP contribution in [0.2, 0.25) is 0 Å². The molecule has 0 radical (unpaired) electrons. The molecule has 182 valence electrons. The number of hydrogen-bond acceptors (Lipinski definition) is 4. The fourth-order valence-electron chi connectivity index (χ4n) is 4.81. The predicted molar refractivity (Wildman–Crippen MR) is 136 cm³/mol. The molecule has 0 aromatic heterocycles. The Morgan fingerprint density at radius 1 is 1.06 bits per heavy atom. The minimum absolute atomic E-state index is 0.158. The Kier molecular flexibility index (Phi) is 11.4. The van der Waals surface area contributed by atoms with Gasteiger partial charge in [-0.1, -0.05) is 62.1 Å². The van der Waals surface area contributed by atoms with Crippen LogP contribution >= 0.6 is 20.0 Å². The third-order valence-electron chi connectivity index (χ3n) is 6.55. The van der Waals surface area contributed by atoms with Crippen molar-refractivity contribution in [3.8, 4) is 0 Å². The maximum absolute atomic E-state index is 14.5. The Balaban J connectivity index is 1.38. The van der Waals surface area contributed by atoms with Gasteiger partial charge in [0.25, 0.3) is 0 Å². The zero-order valence-corrected chi connectivity index (χ0v) is 21.2. The molecule has 1 unspecified atom stereocenters. The van der Waals surface area contributed by atoms with Crippen molar-refractivity contribution in [3.05, 3.63) is 65.5 Å². The van der Waals surface area contributed by atoms with Crippen LogP contribution in [-0.2, 0) is 21.0 Å². The first-order valence-electron chi connectivity index (χ1n) is 12.1. The van der Waals surface area contributed by atoms with Crippen molar-refractivity contribution in [1.82, 2.24) is 5.32 Å². The molecule has 1 atom stereocenters. The zero-order chi connectivity index (χ0) is 23.4.